The van der Waals surface area contributed by atoms with E-state index in [4.69, 9.17) is 18.1 Å². The van der Waals surface area contributed by atoms with Crippen molar-refractivity contribution in [2.24, 2.45) is 0 Å². The molecule has 0 bridgehead atoms. The van der Waals surface area contributed by atoms with E-state index in [-0.39, 0.29) is 27.9 Å². The second kappa shape index (κ2) is 13.6. The van der Waals surface area contributed by atoms with Crippen LogP contribution in [0.2, 0.25) is 0 Å². The number of rotatable bonds is 7. The van der Waals surface area contributed by atoms with Crippen molar-refractivity contribution in [2.75, 3.05) is 4.90 Å². The van der Waals surface area contributed by atoms with Crippen molar-refractivity contribution < 1.29 is 18.1 Å². The Labute approximate surface area is 345 Å². The molecule has 2 aromatic heterocycles. The molecule has 0 saturated heterocycles. The van der Waals surface area contributed by atoms with E-state index in [2.05, 4.69) is 53.4 Å². The number of hydrogen-bond acceptors (Lipinski definition) is 2. The average Bonchev–Trinajstić information content (AvgIpc) is 3.89. The van der Waals surface area contributed by atoms with E-state index < -0.39 is 60.4 Å². The summed E-state index contributed by atoms with van der Waals surface area (Å²) in [5, 5.41) is 3.61. The van der Waals surface area contributed by atoms with Gasteiger partial charge in [-0.1, -0.05) is 164 Å². The molecule has 0 aliphatic rings. The summed E-state index contributed by atoms with van der Waals surface area (Å²) < 4.78 is 96.6. The van der Waals surface area contributed by atoms with Gasteiger partial charge < -0.3 is 13.9 Å². The molecule has 0 N–H and O–H groups in total. The monoisotopic (exact) mass is 738 g/mol. The molecule has 0 radical (unpaired) electrons. The van der Waals surface area contributed by atoms with E-state index in [0.29, 0.717) is 16.6 Å². The summed E-state index contributed by atoms with van der Waals surface area (Å²) in [5.41, 5.74) is 7.77. The van der Waals surface area contributed by atoms with E-state index in [0.717, 1.165) is 55.3 Å². The van der Waals surface area contributed by atoms with Crippen molar-refractivity contribution >= 4 is 60.8 Å². The maximum Gasteiger partial charge on any atom is 0.137 e. The van der Waals surface area contributed by atoms with Crippen LogP contribution in [0, 0.1) is 0 Å². The molecule has 0 aliphatic heterocycles. The summed E-state index contributed by atoms with van der Waals surface area (Å²) in [6.07, 6.45) is 0. The Morgan fingerprint density at radius 3 is 1.65 bits per heavy atom. The third-order valence-corrected chi connectivity index (χ3v) is 10.6. The van der Waals surface area contributed by atoms with Crippen LogP contribution in [-0.2, 0) is 0 Å². The van der Waals surface area contributed by atoms with Crippen LogP contribution in [0.25, 0.3) is 82.8 Å². The molecule has 3 heteroatoms. The standard InChI is InChI=1S/C54H36N2O/c1-4-15-37(16-5-1)38-27-29-41(30-28-38)55(43-32-34-49-48-22-11-13-26-52(48)57-53(49)36-43)42-31-33-47-46-21-10-12-25-50(46)56(51(47)35-42)54-44(39-17-6-2-7-18-39)23-14-24-45(54)40-19-8-3-9-20-40/h1-36H/i2D,3D,6D,7D,8D,9D,17D,18D,19D,20D. The first-order valence-corrected chi connectivity index (χ1v) is 18.6. The highest BCUT2D eigenvalue weighted by atomic mass is 16.3. The Bertz CT molecular complexity index is 3680. The number of benzene rings is 9. The van der Waals surface area contributed by atoms with Gasteiger partial charge in [-0.3, -0.25) is 0 Å². The molecule has 0 atom stereocenters. The van der Waals surface area contributed by atoms with Crippen LogP contribution in [0.4, 0.5) is 17.1 Å². The first kappa shape index (κ1) is 24.0. The molecule has 57 heavy (non-hydrogen) atoms. The van der Waals surface area contributed by atoms with Crippen LogP contribution in [0.3, 0.4) is 0 Å². The SMILES string of the molecule is [2H]c1c([2H])c([2H])c(-c2cccc(-c3c([2H])c([2H])c([2H])c([2H])c3[2H])c2-n2c3ccccc3c3ccc(N(c4ccc(-c5ccccc5)cc4)c4ccc5c(c4)oc4ccccc45)cc32)c([2H])c1[2H]. The quantitative estimate of drug-likeness (QED) is 0.162. The lowest BCUT2D eigenvalue weighted by molar-refractivity contribution is 0.669. The molecule has 3 nitrogen and oxygen atoms in total. The molecule has 0 saturated carbocycles. The van der Waals surface area contributed by atoms with Crippen LogP contribution in [0.15, 0.2) is 223 Å². The Kier molecular flexibility index (Phi) is 5.73. The summed E-state index contributed by atoms with van der Waals surface area (Å²) in [5.74, 6) is 0. The maximum atomic E-state index is 9.17. The van der Waals surface area contributed by atoms with Crippen LogP contribution < -0.4 is 4.90 Å². The van der Waals surface area contributed by atoms with Gasteiger partial charge in [-0.2, -0.15) is 0 Å². The Hall–Kier alpha value is -7.62. The van der Waals surface area contributed by atoms with Gasteiger partial charge in [0.25, 0.3) is 0 Å². The normalized spacial score (nSPS) is 14.0. The summed E-state index contributed by atoms with van der Waals surface area (Å²) in [6.45, 7) is 0. The summed E-state index contributed by atoms with van der Waals surface area (Å²) in [7, 11) is 0. The molecule has 0 spiro atoms. The summed E-state index contributed by atoms with van der Waals surface area (Å²) >= 11 is 0. The van der Waals surface area contributed by atoms with Crippen LogP contribution >= 0.6 is 0 Å². The topological polar surface area (TPSA) is 21.3 Å². The van der Waals surface area contributed by atoms with E-state index in [1.807, 2.05) is 95.6 Å². The van der Waals surface area contributed by atoms with Gasteiger partial charge in [-0.05, 0) is 70.8 Å². The molecule has 0 aliphatic carbocycles. The first-order valence-electron chi connectivity index (χ1n) is 23.6. The molecule has 0 fully saturated rings. The maximum absolute atomic E-state index is 9.17. The number of nitrogens with zero attached hydrogens (tertiary/aromatic N) is 2. The Morgan fingerprint density at radius 2 is 0.930 bits per heavy atom. The van der Waals surface area contributed by atoms with E-state index in [9.17, 15) is 0 Å². The van der Waals surface area contributed by atoms with E-state index in [1.165, 1.54) is 0 Å². The van der Waals surface area contributed by atoms with E-state index in [1.54, 1.807) is 18.2 Å². The fraction of sp³-hybridized carbons (Fsp3) is 0. The highest BCUT2D eigenvalue weighted by Gasteiger charge is 2.22. The van der Waals surface area contributed by atoms with Crippen LogP contribution in [0.1, 0.15) is 13.7 Å². The fourth-order valence-electron chi connectivity index (χ4n) is 8.03. The van der Waals surface area contributed by atoms with Crippen molar-refractivity contribution in [3.63, 3.8) is 0 Å². The van der Waals surface area contributed by atoms with Crippen molar-refractivity contribution in [1.29, 1.82) is 0 Å². The lowest BCUT2D eigenvalue weighted by Crippen LogP contribution is -2.10. The zero-order valence-corrected chi connectivity index (χ0v) is 30.3. The minimum Gasteiger partial charge on any atom is -0.456 e. The molecule has 268 valence electrons. The molecular weight excluding hydrogens is 693 g/mol. The number of aromatic nitrogens is 1. The minimum absolute atomic E-state index is 0.100. The van der Waals surface area contributed by atoms with Gasteiger partial charge in [0, 0.05) is 55.8 Å². The second-order valence-corrected chi connectivity index (χ2v) is 13.8. The molecule has 0 unspecified atom stereocenters. The highest BCUT2D eigenvalue weighted by molar-refractivity contribution is 6.12. The minimum atomic E-state index is -0.554. The van der Waals surface area contributed by atoms with Crippen molar-refractivity contribution in [3.05, 3.63) is 218 Å². The van der Waals surface area contributed by atoms with E-state index >= 15 is 0 Å². The van der Waals surface area contributed by atoms with Gasteiger partial charge in [0.15, 0.2) is 0 Å². The molecule has 11 rings (SSSR count). The third-order valence-electron chi connectivity index (χ3n) is 10.6. The zero-order chi connectivity index (χ0) is 46.4. The lowest BCUT2D eigenvalue weighted by Gasteiger charge is -2.26. The number of furan rings is 1. The number of anilines is 3. The van der Waals surface area contributed by atoms with Gasteiger partial charge in [-0.25, -0.2) is 0 Å². The van der Waals surface area contributed by atoms with Gasteiger partial charge in [0.2, 0.25) is 0 Å². The average molecular weight is 739 g/mol. The fourth-order valence-corrected chi connectivity index (χ4v) is 8.03. The third kappa shape index (κ3) is 5.60. The Balaban J connectivity index is 1.24. The van der Waals surface area contributed by atoms with Crippen molar-refractivity contribution in [1.82, 2.24) is 4.57 Å². The predicted octanol–water partition coefficient (Wildman–Crippen LogP) is 15.2. The van der Waals surface area contributed by atoms with Crippen molar-refractivity contribution in [2.45, 2.75) is 0 Å². The van der Waals surface area contributed by atoms with Crippen LogP contribution in [-0.4, -0.2) is 4.57 Å². The zero-order valence-electron chi connectivity index (χ0n) is 40.3. The van der Waals surface area contributed by atoms with Gasteiger partial charge in [0.1, 0.15) is 11.2 Å². The number of fused-ring (bicyclic) bond motifs is 6. The van der Waals surface area contributed by atoms with Gasteiger partial charge >= 0.3 is 0 Å². The van der Waals surface area contributed by atoms with Crippen LogP contribution in [0.5, 0.6) is 0 Å². The smallest absolute Gasteiger partial charge is 0.137 e. The second-order valence-electron chi connectivity index (χ2n) is 13.8. The molecule has 2 heterocycles. The number of para-hydroxylation sites is 3. The summed E-state index contributed by atoms with van der Waals surface area (Å²) in [6, 6.07) is 46.1. The first-order chi connectivity index (χ1) is 32.4. The predicted molar refractivity (Wildman–Crippen MR) is 239 cm³/mol. The molecule has 11 aromatic rings. The summed E-state index contributed by atoms with van der Waals surface area (Å²) in [4.78, 5) is 2.13. The highest BCUT2D eigenvalue weighted by Crippen LogP contribution is 2.45. The van der Waals surface area contributed by atoms with Gasteiger partial charge in [0.05, 0.1) is 30.4 Å². The molecule has 9 aromatic carbocycles. The lowest BCUT2D eigenvalue weighted by atomic mass is 9.95. The Morgan fingerprint density at radius 1 is 0.386 bits per heavy atom. The molecule has 0 amide bonds. The van der Waals surface area contributed by atoms with Crippen molar-refractivity contribution in [3.8, 4) is 39.1 Å². The largest absolute Gasteiger partial charge is 0.456 e. The molecular formula is C54H36N2O. The number of hydrogen-bond donors (Lipinski definition) is 0. The van der Waals surface area contributed by atoms with Gasteiger partial charge in [-0.15, -0.1) is 0 Å².